The van der Waals surface area contributed by atoms with E-state index in [1.165, 1.54) is 13.1 Å². The van der Waals surface area contributed by atoms with Crippen LogP contribution in [0.3, 0.4) is 0 Å². The molecule has 0 unspecified atom stereocenters. The molecule has 14 heavy (non-hydrogen) atoms. The minimum Gasteiger partial charge on any atom is -0.548 e. The first kappa shape index (κ1) is 13.4. The number of hydrogen-bond acceptors (Lipinski definition) is 3. The van der Waals surface area contributed by atoms with Crippen LogP contribution in [0.25, 0.3) is 0 Å². The van der Waals surface area contributed by atoms with Gasteiger partial charge in [-0.2, -0.15) is 0 Å². The molecule has 1 aromatic carbocycles. The topological polar surface area (TPSA) is 52.5 Å². The van der Waals surface area contributed by atoms with Crippen LogP contribution in [-0.4, -0.2) is 18.2 Å². The molecule has 0 spiro atoms. The number of aliphatic carboxylic acids is 1. The summed E-state index contributed by atoms with van der Waals surface area (Å²) in [5, 5.41) is 10.3. The zero-order valence-electron chi connectivity index (χ0n) is 8.31. The molecule has 3 nitrogen and oxygen atoms in total. The summed E-state index contributed by atoms with van der Waals surface area (Å²) < 4.78 is 0. The largest absolute Gasteiger partial charge is 1.00 e. The van der Waals surface area contributed by atoms with Crippen molar-refractivity contribution in [2.45, 2.75) is 13.0 Å². The Morgan fingerprint density at radius 1 is 1.43 bits per heavy atom. The molecule has 0 aliphatic rings. The van der Waals surface area contributed by atoms with Crippen LogP contribution in [0.4, 0.5) is 0 Å². The maximum Gasteiger partial charge on any atom is 1.00 e. The number of carboxylic acid groups (broad SMARTS) is 1. The Hall–Kier alpha value is -0.640. The molecule has 0 fully saturated rings. The van der Waals surface area contributed by atoms with E-state index in [-0.39, 0.29) is 29.6 Å². The van der Waals surface area contributed by atoms with Gasteiger partial charge in [0.1, 0.15) is 0 Å². The van der Waals surface area contributed by atoms with Crippen molar-refractivity contribution in [2.75, 3.05) is 0 Å². The molecular weight excluding hydrogens is 189 g/mol. The van der Waals surface area contributed by atoms with Gasteiger partial charge in [-0.25, -0.2) is 0 Å². The molecule has 0 aliphatic heterocycles. The summed E-state index contributed by atoms with van der Waals surface area (Å²) in [6.07, 6.45) is 1.53. The van der Waals surface area contributed by atoms with Crippen LogP contribution in [0.5, 0.6) is 0 Å². The minimum atomic E-state index is -1.16. The van der Waals surface area contributed by atoms with Gasteiger partial charge in [0.15, 0.2) is 0 Å². The Morgan fingerprint density at radius 2 is 2.00 bits per heavy atom. The third-order valence-corrected chi connectivity index (χ3v) is 1.59. The van der Waals surface area contributed by atoms with Gasteiger partial charge < -0.3 is 9.90 Å². The van der Waals surface area contributed by atoms with Crippen LogP contribution in [-0.2, 0) is 4.79 Å². The Balaban J connectivity index is 0.00000169. The first-order valence-electron chi connectivity index (χ1n) is 3.99. The molecule has 0 bridgehead atoms. The molecule has 0 saturated carbocycles. The number of carbonyl (C=O) groups is 1. The summed E-state index contributed by atoms with van der Waals surface area (Å²) in [7, 11) is 0. The van der Waals surface area contributed by atoms with Crippen molar-refractivity contribution in [1.29, 1.82) is 0 Å². The molecule has 0 aliphatic carbocycles. The normalized spacial score (nSPS) is 12.1. The Labute approximate surface area is 105 Å². The Bertz CT molecular complexity index is 311. The molecule has 1 aromatic rings. The minimum absolute atomic E-state index is 0. The van der Waals surface area contributed by atoms with Crippen molar-refractivity contribution in [3.8, 4) is 0 Å². The number of hydrogen-bond donors (Lipinski definition) is 0. The van der Waals surface area contributed by atoms with E-state index in [1.54, 1.807) is 0 Å². The number of nitrogens with zero attached hydrogens (tertiary/aromatic N) is 1. The molecule has 1 atom stereocenters. The van der Waals surface area contributed by atoms with E-state index in [1.807, 2.05) is 30.3 Å². The van der Waals surface area contributed by atoms with E-state index < -0.39 is 12.0 Å². The number of aliphatic imine (C=N–C) groups is 1. The predicted molar refractivity (Wildman–Crippen MR) is 48.5 cm³/mol. The van der Waals surface area contributed by atoms with E-state index in [4.69, 9.17) is 0 Å². The van der Waals surface area contributed by atoms with E-state index in [2.05, 4.69) is 4.99 Å². The number of carbonyl (C=O) groups excluding carboxylic acids is 1. The van der Waals surface area contributed by atoms with Gasteiger partial charge in [-0.1, -0.05) is 30.3 Å². The second-order valence-corrected chi connectivity index (χ2v) is 2.68. The monoisotopic (exact) mass is 199 g/mol. The van der Waals surface area contributed by atoms with Gasteiger partial charge in [0, 0.05) is 6.21 Å². The van der Waals surface area contributed by atoms with Gasteiger partial charge in [-0.05, 0) is 12.5 Å². The standard InChI is InChI=1S/C10H11NO2.Na/c1-8(10(12)13)11-7-9-5-3-2-4-6-9;/h2-8H,1H3,(H,12,13);/q;+1/p-1/t8-;/m1./s1. The smallest absolute Gasteiger partial charge is 0.548 e. The second-order valence-electron chi connectivity index (χ2n) is 2.68. The maximum absolute atomic E-state index is 10.3. The Kier molecular flexibility index (Phi) is 6.45. The van der Waals surface area contributed by atoms with E-state index in [0.29, 0.717) is 0 Å². The first-order chi connectivity index (χ1) is 6.20. The van der Waals surface area contributed by atoms with Gasteiger partial charge in [0.2, 0.25) is 0 Å². The second kappa shape index (κ2) is 6.76. The number of benzene rings is 1. The molecule has 0 radical (unpaired) electrons. The predicted octanol–water partition coefficient (Wildman–Crippen LogP) is -2.75. The zero-order valence-corrected chi connectivity index (χ0v) is 10.3. The summed E-state index contributed by atoms with van der Waals surface area (Å²) in [6, 6.07) is 8.53. The fourth-order valence-corrected chi connectivity index (χ4v) is 0.798. The van der Waals surface area contributed by atoms with Crippen molar-refractivity contribution in [3.63, 3.8) is 0 Å². The average Bonchev–Trinajstić information content (AvgIpc) is 2.15. The van der Waals surface area contributed by atoms with Gasteiger partial charge in [-0.15, -0.1) is 0 Å². The SMILES string of the molecule is C[C@@H](N=Cc1ccccc1)C(=O)[O-].[Na+]. The molecule has 0 saturated heterocycles. The summed E-state index contributed by atoms with van der Waals surface area (Å²) in [6.45, 7) is 1.48. The van der Waals surface area contributed by atoms with Gasteiger partial charge in [0.25, 0.3) is 0 Å². The van der Waals surface area contributed by atoms with Crippen molar-refractivity contribution in [1.82, 2.24) is 0 Å². The van der Waals surface area contributed by atoms with Crippen LogP contribution in [0, 0.1) is 0 Å². The molecular formula is C10H10NNaO2. The molecule has 4 heteroatoms. The zero-order chi connectivity index (χ0) is 9.68. The maximum atomic E-state index is 10.3. The summed E-state index contributed by atoms with van der Waals surface area (Å²) in [4.78, 5) is 14.1. The number of carboxylic acids is 1. The van der Waals surface area contributed by atoms with Crippen molar-refractivity contribution in [2.24, 2.45) is 4.99 Å². The molecule has 0 heterocycles. The molecule has 0 aromatic heterocycles. The molecule has 0 amide bonds. The van der Waals surface area contributed by atoms with Crippen LogP contribution in [0.1, 0.15) is 12.5 Å². The molecule has 0 N–H and O–H groups in total. The average molecular weight is 199 g/mol. The summed E-state index contributed by atoms with van der Waals surface area (Å²) >= 11 is 0. The van der Waals surface area contributed by atoms with Crippen LogP contribution in [0.2, 0.25) is 0 Å². The summed E-state index contributed by atoms with van der Waals surface area (Å²) in [5.41, 5.74) is 0.885. The van der Waals surface area contributed by atoms with E-state index >= 15 is 0 Å². The van der Waals surface area contributed by atoms with Crippen LogP contribution >= 0.6 is 0 Å². The van der Waals surface area contributed by atoms with E-state index in [9.17, 15) is 9.90 Å². The van der Waals surface area contributed by atoms with Crippen molar-refractivity contribution >= 4 is 12.2 Å². The molecule has 1 rings (SSSR count). The molecule has 68 valence electrons. The number of rotatable bonds is 3. The third kappa shape index (κ3) is 4.56. The van der Waals surface area contributed by atoms with Gasteiger partial charge in [-0.3, -0.25) is 4.99 Å². The first-order valence-corrected chi connectivity index (χ1v) is 3.99. The van der Waals surface area contributed by atoms with Crippen molar-refractivity contribution in [3.05, 3.63) is 35.9 Å². The van der Waals surface area contributed by atoms with Gasteiger partial charge >= 0.3 is 29.6 Å². The van der Waals surface area contributed by atoms with Gasteiger partial charge in [0.05, 0.1) is 12.0 Å². The Morgan fingerprint density at radius 3 is 2.50 bits per heavy atom. The quantitative estimate of drug-likeness (QED) is 0.391. The summed E-state index contributed by atoms with van der Waals surface area (Å²) in [5.74, 6) is -1.16. The van der Waals surface area contributed by atoms with E-state index in [0.717, 1.165) is 5.56 Å². The van der Waals surface area contributed by atoms with Crippen molar-refractivity contribution < 1.29 is 39.5 Å². The third-order valence-electron chi connectivity index (χ3n) is 1.59. The van der Waals surface area contributed by atoms with Crippen LogP contribution in [0.15, 0.2) is 35.3 Å². The fourth-order valence-electron chi connectivity index (χ4n) is 0.798. The van der Waals surface area contributed by atoms with Crippen LogP contribution < -0.4 is 34.7 Å². The fraction of sp³-hybridized carbons (Fsp3) is 0.200.